The van der Waals surface area contributed by atoms with Crippen LogP contribution in [0.3, 0.4) is 0 Å². The SMILES string of the molecule is Cc1ccc(-c2nc(NC(=O)Cc3nnnn3C)sc2C)cc1C. The van der Waals surface area contributed by atoms with Crippen LogP contribution < -0.4 is 5.32 Å². The summed E-state index contributed by atoms with van der Waals surface area (Å²) < 4.78 is 1.48. The number of nitrogens with one attached hydrogen (secondary N) is 1. The molecule has 0 saturated heterocycles. The first-order valence-corrected chi connectivity index (χ1v) is 8.32. The maximum atomic E-state index is 12.1. The van der Waals surface area contributed by atoms with Gasteiger partial charge in [-0.15, -0.1) is 16.4 Å². The lowest BCUT2D eigenvalue weighted by atomic mass is 10.0. The summed E-state index contributed by atoms with van der Waals surface area (Å²) in [7, 11) is 1.70. The van der Waals surface area contributed by atoms with Crippen LogP contribution in [-0.2, 0) is 18.3 Å². The molecule has 0 aliphatic rings. The first-order valence-electron chi connectivity index (χ1n) is 7.50. The molecule has 24 heavy (non-hydrogen) atoms. The van der Waals surface area contributed by atoms with E-state index in [0.717, 1.165) is 16.1 Å². The molecule has 1 amide bonds. The maximum absolute atomic E-state index is 12.1. The van der Waals surface area contributed by atoms with Crippen molar-refractivity contribution in [3.8, 4) is 11.3 Å². The van der Waals surface area contributed by atoms with Crippen molar-refractivity contribution in [2.45, 2.75) is 27.2 Å². The van der Waals surface area contributed by atoms with Crippen LogP contribution in [0.4, 0.5) is 5.13 Å². The lowest BCUT2D eigenvalue weighted by Crippen LogP contribution is -2.17. The van der Waals surface area contributed by atoms with Gasteiger partial charge in [-0.3, -0.25) is 4.79 Å². The van der Waals surface area contributed by atoms with Crippen LogP contribution in [0.25, 0.3) is 11.3 Å². The summed E-state index contributed by atoms with van der Waals surface area (Å²) in [5.41, 5.74) is 4.43. The number of hydrogen-bond acceptors (Lipinski definition) is 6. The number of tetrazole rings is 1. The second kappa shape index (κ2) is 6.48. The second-order valence-electron chi connectivity index (χ2n) is 5.67. The van der Waals surface area contributed by atoms with E-state index in [-0.39, 0.29) is 12.3 Å². The van der Waals surface area contributed by atoms with E-state index in [1.165, 1.54) is 27.1 Å². The molecule has 1 N–H and O–H groups in total. The van der Waals surface area contributed by atoms with E-state index in [9.17, 15) is 4.79 Å². The molecule has 0 saturated carbocycles. The van der Waals surface area contributed by atoms with E-state index in [4.69, 9.17) is 0 Å². The summed E-state index contributed by atoms with van der Waals surface area (Å²) >= 11 is 1.46. The number of carbonyl (C=O) groups excluding carboxylic acids is 1. The van der Waals surface area contributed by atoms with Gasteiger partial charge in [0.15, 0.2) is 11.0 Å². The quantitative estimate of drug-likeness (QED) is 0.787. The van der Waals surface area contributed by atoms with Crippen LogP contribution in [0.2, 0.25) is 0 Å². The van der Waals surface area contributed by atoms with Gasteiger partial charge in [-0.05, 0) is 48.4 Å². The molecule has 1 aromatic carbocycles. The second-order valence-corrected chi connectivity index (χ2v) is 6.87. The monoisotopic (exact) mass is 342 g/mol. The van der Waals surface area contributed by atoms with Crippen molar-refractivity contribution in [3.63, 3.8) is 0 Å². The van der Waals surface area contributed by atoms with Gasteiger partial charge in [0.1, 0.15) is 0 Å². The number of amides is 1. The summed E-state index contributed by atoms with van der Waals surface area (Å²) in [6.07, 6.45) is 0.112. The van der Waals surface area contributed by atoms with Gasteiger partial charge < -0.3 is 5.32 Å². The van der Waals surface area contributed by atoms with Crippen LogP contribution in [0.15, 0.2) is 18.2 Å². The van der Waals surface area contributed by atoms with Gasteiger partial charge in [0.2, 0.25) is 5.91 Å². The van der Waals surface area contributed by atoms with Crippen LogP contribution in [0.5, 0.6) is 0 Å². The Bertz CT molecular complexity index is 898. The van der Waals surface area contributed by atoms with Crippen molar-refractivity contribution in [3.05, 3.63) is 40.0 Å². The zero-order valence-electron chi connectivity index (χ0n) is 14.0. The van der Waals surface area contributed by atoms with Gasteiger partial charge >= 0.3 is 0 Å². The molecule has 2 heterocycles. The number of benzene rings is 1. The fourth-order valence-electron chi connectivity index (χ4n) is 2.31. The van der Waals surface area contributed by atoms with E-state index in [0.29, 0.717) is 11.0 Å². The molecule has 0 fully saturated rings. The van der Waals surface area contributed by atoms with Gasteiger partial charge in [0.25, 0.3) is 0 Å². The van der Waals surface area contributed by atoms with Gasteiger partial charge in [0, 0.05) is 17.5 Å². The Kier molecular flexibility index (Phi) is 4.39. The smallest absolute Gasteiger partial charge is 0.233 e. The topological polar surface area (TPSA) is 85.6 Å². The third-order valence-corrected chi connectivity index (χ3v) is 4.74. The molecule has 0 radical (unpaired) electrons. The lowest BCUT2D eigenvalue weighted by molar-refractivity contribution is -0.115. The van der Waals surface area contributed by atoms with Gasteiger partial charge in [0.05, 0.1) is 12.1 Å². The number of aromatic nitrogens is 5. The summed E-state index contributed by atoms with van der Waals surface area (Å²) in [5.74, 6) is 0.323. The molecule has 0 unspecified atom stereocenters. The Labute approximate surface area is 143 Å². The Hall–Kier alpha value is -2.61. The minimum Gasteiger partial charge on any atom is -0.302 e. The molecule has 0 bridgehead atoms. The number of hydrogen-bond donors (Lipinski definition) is 1. The zero-order chi connectivity index (χ0) is 17.3. The molecule has 0 atom stereocenters. The van der Waals surface area contributed by atoms with Crippen molar-refractivity contribution in [2.75, 3.05) is 5.32 Å². The fraction of sp³-hybridized carbons (Fsp3) is 0.312. The molecular weight excluding hydrogens is 324 g/mol. The van der Waals surface area contributed by atoms with E-state index in [1.807, 2.05) is 6.92 Å². The summed E-state index contributed by atoms with van der Waals surface area (Å²) in [6.45, 7) is 6.17. The largest absolute Gasteiger partial charge is 0.302 e. The Morgan fingerprint density at radius 2 is 2.04 bits per heavy atom. The average molecular weight is 342 g/mol. The van der Waals surface area contributed by atoms with Gasteiger partial charge in [-0.2, -0.15) is 0 Å². The summed E-state index contributed by atoms with van der Waals surface area (Å²) in [6, 6.07) is 6.26. The predicted octanol–water partition coefficient (Wildman–Crippen LogP) is 2.44. The minimum absolute atomic E-state index is 0.112. The summed E-state index contributed by atoms with van der Waals surface area (Å²) in [5, 5.41) is 14.5. The van der Waals surface area contributed by atoms with Crippen molar-refractivity contribution in [2.24, 2.45) is 7.05 Å². The van der Waals surface area contributed by atoms with E-state index in [2.05, 4.69) is 57.9 Å². The van der Waals surface area contributed by atoms with Gasteiger partial charge in [-0.25, -0.2) is 9.67 Å². The highest BCUT2D eigenvalue weighted by Gasteiger charge is 2.14. The van der Waals surface area contributed by atoms with E-state index >= 15 is 0 Å². The predicted molar refractivity (Wildman–Crippen MR) is 92.9 cm³/mol. The lowest BCUT2D eigenvalue weighted by Gasteiger charge is -2.03. The molecule has 0 spiro atoms. The van der Waals surface area contributed by atoms with Crippen LogP contribution in [-0.4, -0.2) is 31.1 Å². The minimum atomic E-state index is -0.187. The van der Waals surface area contributed by atoms with E-state index < -0.39 is 0 Å². The van der Waals surface area contributed by atoms with Crippen LogP contribution in [0, 0.1) is 20.8 Å². The highest BCUT2D eigenvalue weighted by atomic mass is 32.1. The molecule has 2 aromatic heterocycles. The zero-order valence-corrected chi connectivity index (χ0v) is 14.8. The molecular formula is C16H18N6OS. The molecule has 3 rings (SSSR count). The highest BCUT2D eigenvalue weighted by molar-refractivity contribution is 7.16. The van der Waals surface area contributed by atoms with Crippen molar-refractivity contribution in [1.82, 2.24) is 25.2 Å². The Morgan fingerprint density at radius 3 is 2.71 bits per heavy atom. The third-order valence-electron chi connectivity index (χ3n) is 3.85. The number of nitrogens with zero attached hydrogens (tertiary/aromatic N) is 5. The number of carbonyl (C=O) groups is 1. The third kappa shape index (κ3) is 3.33. The number of aryl methyl sites for hydroxylation is 4. The van der Waals surface area contributed by atoms with Crippen molar-refractivity contribution in [1.29, 1.82) is 0 Å². The Balaban J connectivity index is 1.77. The molecule has 0 aliphatic carbocycles. The van der Waals surface area contributed by atoms with Crippen molar-refractivity contribution < 1.29 is 4.79 Å². The van der Waals surface area contributed by atoms with Crippen LogP contribution >= 0.6 is 11.3 Å². The molecule has 3 aromatic rings. The number of thiazole rings is 1. The normalized spacial score (nSPS) is 10.8. The first kappa shape index (κ1) is 16.3. The molecule has 7 nitrogen and oxygen atoms in total. The Morgan fingerprint density at radius 1 is 1.25 bits per heavy atom. The standard InChI is InChI=1S/C16H18N6OS/c1-9-5-6-12(7-10(9)2)15-11(3)24-16(18-15)17-14(23)8-13-19-20-21-22(13)4/h5-7H,8H2,1-4H3,(H,17,18,23). The number of anilines is 1. The first-order chi connectivity index (χ1) is 11.4. The number of rotatable bonds is 4. The van der Waals surface area contributed by atoms with Gasteiger partial charge in [-0.1, -0.05) is 12.1 Å². The summed E-state index contributed by atoms with van der Waals surface area (Å²) in [4.78, 5) is 17.8. The highest BCUT2D eigenvalue weighted by Crippen LogP contribution is 2.31. The molecule has 124 valence electrons. The van der Waals surface area contributed by atoms with Crippen molar-refractivity contribution >= 4 is 22.4 Å². The van der Waals surface area contributed by atoms with Crippen LogP contribution in [0.1, 0.15) is 21.8 Å². The maximum Gasteiger partial charge on any atom is 0.233 e. The van der Waals surface area contributed by atoms with E-state index in [1.54, 1.807) is 7.05 Å². The molecule has 8 heteroatoms. The average Bonchev–Trinajstić information content (AvgIpc) is 3.08. The molecule has 0 aliphatic heterocycles. The fourth-order valence-corrected chi connectivity index (χ4v) is 3.16.